The molecule has 0 fully saturated rings. The number of aromatic nitrogens is 4. The molecule has 2 aromatic carbocycles. The summed E-state index contributed by atoms with van der Waals surface area (Å²) in [5, 5.41) is 4.24. The van der Waals surface area contributed by atoms with Crippen LogP contribution in [0.3, 0.4) is 0 Å². The van der Waals surface area contributed by atoms with Crippen LogP contribution in [0.25, 0.3) is 27.6 Å². The van der Waals surface area contributed by atoms with E-state index in [1.165, 1.54) is 11.8 Å². The largest absolute Gasteiger partial charge is 0.497 e. The van der Waals surface area contributed by atoms with Crippen molar-refractivity contribution in [3.8, 4) is 11.4 Å². The number of halogens is 2. The van der Waals surface area contributed by atoms with Gasteiger partial charge in [0.1, 0.15) is 11.6 Å². The van der Waals surface area contributed by atoms with E-state index in [9.17, 15) is 8.78 Å². The number of thioether (sulfide) groups is 1. The minimum Gasteiger partial charge on any atom is -0.497 e. The van der Waals surface area contributed by atoms with Crippen LogP contribution in [0.2, 0.25) is 0 Å². The maximum absolute atomic E-state index is 13.3. The van der Waals surface area contributed by atoms with E-state index >= 15 is 0 Å². The van der Waals surface area contributed by atoms with Gasteiger partial charge in [-0.2, -0.15) is 4.98 Å². The minimum atomic E-state index is -2.73. The number of hydrogen-bond acceptors (Lipinski definition) is 7. The Morgan fingerprint density at radius 2 is 1.94 bits per heavy atom. The summed E-state index contributed by atoms with van der Waals surface area (Å²) in [7, 11) is 3.31. The van der Waals surface area contributed by atoms with Crippen molar-refractivity contribution in [1.82, 2.24) is 19.5 Å². The maximum Gasteiger partial charge on any atom is 0.246 e. The number of anilines is 2. The van der Waals surface area contributed by atoms with Crippen molar-refractivity contribution in [3.05, 3.63) is 36.4 Å². The molecule has 0 radical (unpaired) electrons. The van der Waals surface area contributed by atoms with Gasteiger partial charge in [0.15, 0.2) is 5.16 Å². The zero-order valence-electron chi connectivity index (χ0n) is 17.3. The third-order valence-electron chi connectivity index (χ3n) is 4.79. The summed E-state index contributed by atoms with van der Waals surface area (Å²) in [6.07, 6.45) is -0.239. The molecule has 0 aliphatic carbocycles. The van der Waals surface area contributed by atoms with Crippen LogP contribution in [-0.4, -0.2) is 45.4 Å². The first-order valence-corrected chi connectivity index (χ1v) is 10.6. The highest BCUT2D eigenvalue weighted by Gasteiger charge is 2.22. The van der Waals surface area contributed by atoms with Crippen molar-refractivity contribution in [2.45, 2.75) is 24.4 Å². The van der Waals surface area contributed by atoms with Gasteiger partial charge in [-0.25, -0.2) is 18.7 Å². The molecule has 4 rings (SSSR count). The molecule has 162 valence electrons. The Hall–Kier alpha value is -3.14. The highest BCUT2D eigenvalue weighted by Crippen LogP contribution is 2.33. The average Bonchev–Trinajstić information content (AvgIpc) is 3.09. The Labute approximate surface area is 182 Å². The number of methoxy groups -OCH3 is 1. The second kappa shape index (κ2) is 8.18. The molecule has 7 nitrogen and oxygen atoms in total. The van der Waals surface area contributed by atoms with Crippen LogP contribution in [0.5, 0.6) is 5.75 Å². The monoisotopic (exact) mass is 444 g/mol. The molecular formula is C21H22F2N6OS. The molecule has 31 heavy (non-hydrogen) atoms. The molecule has 0 saturated heterocycles. The van der Waals surface area contributed by atoms with Crippen LogP contribution in [0.4, 0.5) is 20.5 Å². The van der Waals surface area contributed by atoms with Crippen molar-refractivity contribution < 1.29 is 13.5 Å². The number of alkyl halides is 2. The first kappa shape index (κ1) is 21.1. The van der Waals surface area contributed by atoms with Gasteiger partial charge in [-0.05, 0) is 37.3 Å². The summed E-state index contributed by atoms with van der Waals surface area (Å²) in [6, 6.07) is 11.2. The van der Waals surface area contributed by atoms with Crippen molar-refractivity contribution in [2.75, 3.05) is 31.0 Å². The van der Waals surface area contributed by atoms with Crippen LogP contribution in [0.15, 0.2) is 41.6 Å². The van der Waals surface area contributed by atoms with E-state index in [0.717, 1.165) is 29.0 Å². The highest BCUT2D eigenvalue weighted by molar-refractivity contribution is 7.99. The SMILES string of the molecule is CNc1nc(N)c2ccc(-n3c(SCCC(C)(F)F)nc4ccc(OC)cc43)cc2n1. The summed E-state index contributed by atoms with van der Waals surface area (Å²) in [4.78, 5) is 13.4. The molecule has 3 N–H and O–H groups in total. The molecule has 10 heteroatoms. The average molecular weight is 445 g/mol. The standard InChI is InChI=1S/C21H22F2N6OS/c1-21(22,23)8-9-31-20-27-15-7-5-13(30-3)11-17(15)29(20)12-4-6-14-16(10-12)26-19(25-2)28-18(14)24/h4-7,10-11H,8-9H2,1-3H3,(H3,24,25,26,28). The molecule has 0 aliphatic rings. The Bertz CT molecular complexity index is 1250. The van der Waals surface area contributed by atoms with Gasteiger partial charge in [0.2, 0.25) is 11.9 Å². The van der Waals surface area contributed by atoms with Gasteiger partial charge in [0, 0.05) is 30.7 Å². The molecular weight excluding hydrogens is 422 g/mol. The fraction of sp³-hybridized carbons (Fsp3) is 0.286. The Kier molecular flexibility index (Phi) is 5.57. The van der Waals surface area contributed by atoms with Gasteiger partial charge < -0.3 is 15.8 Å². The number of nitrogens with two attached hydrogens (primary N) is 1. The zero-order chi connectivity index (χ0) is 22.2. The van der Waals surface area contributed by atoms with E-state index in [1.807, 2.05) is 41.0 Å². The maximum atomic E-state index is 13.3. The molecule has 0 amide bonds. The van der Waals surface area contributed by atoms with E-state index < -0.39 is 5.92 Å². The lowest BCUT2D eigenvalue weighted by molar-refractivity contribution is 0.0194. The van der Waals surface area contributed by atoms with Gasteiger partial charge in [0.25, 0.3) is 0 Å². The molecule has 0 spiro atoms. The van der Waals surface area contributed by atoms with Gasteiger partial charge in [-0.15, -0.1) is 0 Å². The van der Waals surface area contributed by atoms with Gasteiger partial charge >= 0.3 is 0 Å². The van der Waals surface area contributed by atoms with Crippen LogP contribution in [0.1, 0.15) is 13.3 Å². The van der Waals surface area contributed by atoms with E-state index in [4.69, 9.17) is 10.5 Å². The second-order valence-electron chi connectivity index (χ2n) is 7.14. The summed E-state index contributed by atoms with van der Waals surface area (Å²) < 4.78 is 34.0. The second-order valence-corrected chi connectivity index (χ2v) is 8.20. The lowest BCUT2D eigenvalue weighted by Crippen LogP contribution is -2.10. The van der Waals surface area contributed by atoms with Crippen molar-refractivity contribution >= 4 is 45.5 Å². The summed E-state index contributed by atoms with van der Waals surface area (Å²) in [5.41, 5.74) is 9.06. The summed E-state index contributed by atoms with van der Waals surface area (Å²) >= 11 is 1.29. The predicted molar refractivity (Wildman–Crippen MR) is 121 cm³/mol. The Morgan fingerprint density at radius 1 is 1.13 bits per heavy atom. The predicted octanol–water partition coefficient (Wildman–Crippen LogP) is 4.74. The van der Waals surface area contributed by atoms with Gasteiger partial charge in [0.05, 0.1) is 29.3 Å². The number of imidazole rings is 1. The fourth-order valence-electron chi connectivity index (χ4n) is 3.22. The Morgan fingerprint density at radius 3 is 2.65 bits per heavy atom. The van der Waals surface area contributed by atoms with Crippen LogP contribution < -0.4 is 15.8 Å². The van der Waals surface area contributed by atoms with E-state index in [-0.39, 0.29) is 12.2 Å². The number of fused-ring (bicyclic) bond motifs is 2. The normalized spacial score (nSPS) is 11.9. The molecule has 0 unspecified atom stereocenters. The van der Waals surface area contributed by atoms with Gasteiger partial charge in [-0.1, -0.05) is 11.8 Å². The smallest absolute Gasteiger partial charge is 0.246 e. The van der Waals surface area contributed by atoms with Crippen molar-refractivity contribution in [1.29, 1.82) is 0 Å². The number of nitrogen functional groups attached to an aromatic ring is 1. The van der Waals surface area contributed by atoms with Crippen LogP contribution >= 0.6 is 11.8 Å². The summed E-state index contributed by atoms with van der Waals surface area (Å²) in [6.45, 7) is 0.925. The fourth-order valence-corrected chi connectivity index (χ4v) is 4.36. The van der Waals surface area contributed by atoms with Crippen molar-refractivity contribution in [2.24, 2.45) is 0 Å². The van der Waals surface area contributed by atoms with E-state index in [2.05, 4.69) is 20.3 Å². The van der Waals surface area contributed by atoms with E-state index in [1.54, 1.807) is 14.2 Å². The molecule has 0 bridgehead atoms. The lowest BCUT2D eigenvalue weighted by Gasteiger charge is -2.13. The molecule has 0 saturated carbocycles. The molecule has 0 atom stereocenters. The van der Waals surface area contributed by atoms with Crippen molar-refractivity contribution in [3.63, 3.8) is 0 Å². The molecule has 2 aromatic heterocycles. The number of benzene rings is 2. The number of ether oxygens (including phenoxy) is 1. The van der Waals surface area contributed by atoms with Gasteiger partial charge in [-0.3, -0.25) is 4.57 Å². The first-order chi connectivity index (χ1) is 14.8. The molecule has 2 heterocycles. The number of rotatable bonds is 7. The molecule has 4 aromatic rings. The highest BCUT2D eigenvalue weighted by atomic mass is 32.2. The third kappa shape index (κ3) is 4.34. The van der Waals surface area contributed by atoms with Crippen LogP contribution in [-0.2, 0) is 0 Å². The van der Waals surface area contributed by atoms with E-state index in [0.29, 0.717) is 28.2 Å². The van der Waals surface area contributed by atoms with Crippen LogP contribution in [0, 0.1) is 0 Å². The summed E-state index contributed by atoms with van der Waals surface area (Å²) in [5.74, 6) is -1.03. The lowest BCUT2D eigenvalue weighted by atomic mass is 10.2. The number of hydrogen-bond donors (Lipinski definition) is 2. The number of nitrogens with zero attached hydrogens (tertiary/aromatic N) is 4. The Balaban J connectivity index is 1.86. The quantitative estimate of drug-likeness (QED) is 0.398. The topological polar surface area (TPSA) is 90.9 Å². The zero-order valence-corrected chi connectivity index (χ0v) is 18.1. The third-order valence-corrected chi connectivity index (χ3v) is 5.74. The first-order valence-electron chi connectivity index (χ1n) is 9.61. The minimum absolute atomic E-state index is 0.233. The molecule has 0 aliphatic heterocycles. The number of nitrogens with one attached hydrogen (secondary N) is 1.